The van der Waals surface area contributed by atoms with Gasteiger partial charge >= 0.3 is 5.97 Å². The lowest BCUT2D eigenvalue weighted by atomic mass is 10.3. The number of rotatable bonds is 7. The van der Waals surface area contributed by atoms with Gasteiger partial charge in [0.05, 0.1) is 16.8 Å². The van der Waals surface area contributed by atoms with Crippen molar-refractivity contribution in [3.8, 4) is 0 Å². The molecule has 0 N–H and O–H groups in total. The first-order chi connectivity index (χ1) is 14.3. The predicted octanol–water partition coefficient (Wildman–Crippen LogP) is 0.730. The van der Waals surface area contributed by atoms with E-state index >= 15 is 0 Å². The van der Waals surface area contributed by atoms with E-state index in [2.05, 4.69) is 4.99 Å². The van der Waals surface area contributed by atoms with Crippen molar-refractivity contribution < 1.29 is 27.5 Å². The highest BCUT2D eigenvalue weighted by molar-refractivity contribution is 7.92. The van der Waals surface area contributed by atoms with Crippen LogP contribution in [0.5, 0.6) is 0 Å². The number of hydrogen-bond acceptors (Lipinski definition) is 7. The van der Waals surface area contributed by atoms with Crippen LogP contribution in [0.1, 0.15) is 19.8 Å². The number of sulfone groups is 1. The summed E-state index contributed by atoms with van der Waals surface area (Å²) in [5, 5.41) is 0. The molecule has 0 atom stereocenters. The van der Waals surface area contributed by atoms with Crippen LogP contribution in [-0.4, -0.2) is 66.9 Å². The highest BCUT2D eigenvalue weighted by atomic mass is 32.2. The van der Waals surface area contributed by atoms with Gasteiger partial charge in [-0.2, -0.15) is 4.99 Å². The molecule has 0 saturated carbocycles. The number of esters is 1. The van der Waals surface area contributed by atoms with Gasteiger partial charge in [0.25, 0.3) is 5.91 Å². The maximum Gasteiger partial charge on any atom is 0.326 e. The lowest BCUT2D eigenvalue weighted by molar-refractivity contribution is -0.143. The fraction of sp³-hybridized carbons (Fsp3) is 0.474. The smallest absolute Gasteiger partial charge is 0.326 e. The number of nitrogens with zero attached hydrogens (tertiary/aromatic N) is 3. The number of carbonyl (C=O) groups excluding carboxylic acids is 3. The van der Waals surface area contributed by atoms with E-state index in [1.807, 2.05) is 12.1 Å². The number of amides is 2. The van der Waals surface area contributed by atoms with Gasteiger partial charge in [0.15, 0.2) is 14.6 Å². The third-order valence-electron chi connectivity index (χ3n) is 4.55. The molecule has 30 heavy (non-hydrogen) atoms. The van der Waals surface area contributed by atoms with Gasteiger partial charge in [0, 0.05) is 13.1 Å². The Balaban J connectivity index is 1.82. The molecule has 1 saturated heterocycles. The molecule has 162 valence electrons. The number of para-hydroxylation sites is 1. The zero-order valence-electron chi connectivity index (χ0n) is 16.6. The molecule has 3 rings (SSSR count). The first-order valence-electron chi connectivity index (χ1n) is 9.59. The highest BCUT2D eigenvalue weighted by Crippen LogP contribution is 2.17. The number of fused-ring (bicyclic) bond motifs is 1. The van der Waals surface area contributed by atoms with E-state index in [1.54, 1.807) is 19.1 Å². The highest BCUT2D eigenvalue weighted by Gasteiger charge is 2.26. The van der Waals surface area contributed by atoms with Crippen LogP contribution in [0, 0.1) is 0 Å². The van der Waals surface area contributed by atoms with Crippen LogP contribution in [-0.2, 0) is 35.5 Å². The molecule has 1 aliphatic rings. The Kier molecular flexibility index (Phi) is 7.03. The standard InChI is InChI=1S/C19H23N3O6S2/c1-2-28-18(25)11-22-14-7-3-4-8-15(14)29-19(22)20-16(23)12-30(26,27)13-17(24)21-9-5-6-10-21/h3-4,7-8H,2,5-6,9-13H2,1H3. The SMILES string of the molecule is CCOC(=O)Cn1c(=NC(=O)CS(=O)(=O)CC(=O)N2CCCC2)sc2ccccc21. The van der Waals surface area contributed by atoms with Gasteiger partial charge < -0.3 is 14.2 Å². The summed E-state index contributed by atoms with van der Waals surface area (Å²) < 4.78 is 31.9. The number of likely N-dealkylation sites (tertiary alicyclic amines) is 1. The predicted molar refractivity (Wildman–Crippen MR) is 111 cm³/mol. The lowest BCUT2D eigenvalue weighted by Gasteiger charge is -2.14. The molecule has 0 aliphatic carbocycles. The minimum absolute atomic E-state index is 0.149. The molecule has 0 radical (unpaired) electrons. The van der Waals surface area contributed by atoms with Gasteiger partial charge in [-0.25, -0.2) is 8.42 Å². The second kappa shape index (κ2) is 9.52. The molecule has 0 unspecified atom stereocenters. The van der Waals surface area contributed by atoms with Gasteiger partial charge in [-0.15, -0.1) is 0 Å². The van der Waals surface area contributed by atoms with Gasteiger partial charge in [0.2, 0.25) is 5.91 Å². The van der Waals surface area contributed by atoms with Crippen molar-refractivity contribution in [2.45, 2.75) is 26.3 Å². The van der Waals surface area contributed by atoms with Gasteiger partial charge in [0.1, 0.15) is 18.1 Å². The number of thiazole rings is 1. The molecule has 1 aromatic heterocycles. The topological polar surface area (TPSA) is 115 Å². The molecular weight excluding hydrogens is 430 g/mol. The van der Waals surface area contributed by atoms with Crippen LogP contribution >= 0.6 is 11.3 Å². The van der Waals surface area contributed by atoms with Crippen LogP contribution in [0.2, 0.25) is 0 Å². The van der Waals surface area contributed by atoms with Crippen molar-refractivity contribution in [2.75, 3.05) is 31.2 Å². The van der Waals surface area contributed by atoms with Crippen LogP contribution in [0.4, 0.5) is 0 Å². The van der Waals surface area contributed by atoms with E-state index in [0.717, 1.165) is 17.5 Å². The Labute approximate surface area is 177 Å². The first-order valence-corrected chi connectivity index (χ1v) is 12.2. The van der Waals surface area contributed by atoms with Crippen LogP contribution < -0.4 is 4.80 Å². The summed E-state index contributed by atoms with van der Waals surface area (Å²) in [5.74, 6) is -3.42. The molecule has 1 aliphatic heterocycles. The van der Waals surface area contributed by atoms with E-state index in [4.69, 9.17) is 4.74 Å². The summed E-state index contributed by atoms with van der Waals surface area (Å²) in [6.07, 6.45) is 1.71. The van der Waals surface area contributed by atoms with Gasteiger partial charge in [-0.3, -0.25) is 14.4 Å². The summed E-state index contributed by atoms with van der Waals surface area (Å²) >= 11 is 1.17. The quantitative estimate of drug-likeness (QED) is 0.571. The largest absolute Gasteiger partial charge is 0.465 e. The van der Waals surface area contributed by atoms with E-state index in [1.165, 1.54) is 20.8 Å². The third kappa shape index (κ3) is 5.54. The van der Waals surface area contributed by atoms with Crippen molar-refractivity contribution in [3.63, 3.8) is 0 Å². The summed E-state index contributed by atoms with van der Waals surface area (Å²) in [7, 11) is -3.94. The van der Waals surface area contributed by atoms with Crippen LogP contribution in [0.3, 0.4) is 0 Å². The van der Waals surface area contributed by atoms with Crippen LogP contribution in [0.15, 0.2) is 29.3 Å². The number of aromatic nitrogens is 1. The molecule has 1 aromatic carbocycles. The molecule has 2 aromatic rings. The molecule has 0 bridgehead atoms. The summed E-state index contributed by atoms with van der Waals surface area (Å²) in [6, 6.07) is 7.20. The Morgan fingerprint density at radius 2 is 1.83 bits per heavy atom. The number of ether oxygens (including phenoxy) is 1. The normalized spacial score (nSPS) is 15.0. The molecule has 11 heteroatoms. The summed E-state index contributed by atoms with van der Waals surface area (Å²) in [5.41, 5.74) is 0.689. The average Bonchev–Trinajstić information content (AvgIpc) is 3.30. The molecule has 2 heterocycles. The Hall–Kier alpha value is -2.53. The first kappa shape index (κ1) is 22.2. The summed E-state index contributed by atoms with van der Waals surface area (Å²) in [4.78, 5) is 42.1. The second-order valence-corrected chi connectivity index (χ2v) is 9.94. The zero-order chi connectivity index (χ0) is 21.7. The fourth-order valence-corrected chi connectivity index (χ4v) is 5.37. The Morgan fingerprint density at radius 3 is 2.53 bits per heavy atom. The molecule has 9 nitrogen and oxygen atoms in total. The fourth-order valence-electron chi connectivity index (χ4n) is 3.22. The summed E-state index contributed by atoms with van der Waals surface area (Å²) in [6.45, 7) is 2.85. The number of hydrogen-bond donors (Lipinski definition) is 0. The molecule has 0 spiro atoms. The maximum atomic E-state index is 12.4. The Bertz CT molecular complexity index is 1130. The van der Waals surface area contributed by atoms with E-state index in [9.17, 15) is 22.8 Å². The number of benzene rings is 1. The van der Waals surface area contributed by atoms with Crippen molar-refractivity contribution in [2.24, 2.45) is 4.99 Å². The second-order valence-electron chi connectivity index (χ2n) is 6.87. The monoisotopic (exact) mass is 453 g/mol. The van der Waals surface area contributed by atoms with Crippen molar-refractivity contribution in [1.82, 2.24) is 9.47 Å². The average molecular weight is 454 g/mol. The third-order valence-corrected chi connectivity index (χ3v) is 6.98. The van der Waals surface area contributed by atoms with Gasteiger partial charge in [-0.05, 0) is 31.9 Å². The maximum absolute atomic E-state index is 12.4. The molecular formula is C19H23N3O6S2. The molecule has 1 fully saturated rings. The minimum Gasteiger partial charge on any atom is -0.465 e. The molecule has 2 amide bonds. The van der Waals surface area contributed by atoms with Crippen molar-refractivity contribution in [1.29, 1.82) is 0 Å². The van der Waals surface area contributed by atoms with E-state index < -0.39 is 39.1 Å². The van der Waals surface area contributed by atoms with Crippen LogP contribution in [0.25, 0.3) is 10.2 Å². The van der Waals surface area contributed by atoms with E-state index in [-0.39, 0.29) is 18.0 Å². The van der Waals surface area contributed by atoms with Crippen molar-refractivity contribution >= 4 is 49.2 Å². The number of carbonyl (C=O) groups is 3. The van der Waals surface area contributed by atoms with Crippen molar-refractivity contribution in [3.05, 3.63) is 29.1 Å². The Morgan fingerprint density at radius 1 is 1.13 bits per heavy atom. The minimum atomic E-state index is -3.94. The zero-order valence-corrected chi connectivity index (χ0v) is 18.2. The van der Waals surface area contributed by atoms with E-state index in [0.29, 0.717) is 18.6 Å². The van der Waals surface area contributed by atoms with Gasteiger partial charge in [-0.1, -0.05) is 23.5 Å². The lowest BCUT2D eigenvalue weighted by Crippen LogP contribution is -2.35.